The highest BCUT2D eigenvalue weighted by Crippen LogP contribution is 2.35. The molecule has 116 valence electrons. The van der Waals surface area contributed by atoms with E-state index in [0.29, 0.717) is 10.8 Å². The molecule has 0 bridgehead atoms. The Morgan fingerprint density at radius 3 is 2.62 bits per heavy atom. The minimum atomic E-state index is -4.82. The van der Waals surface area contributed by atoms with Gasteiger partial charge < -0.3 is 20.7 Å². The normalized spacial score (nSPS) is 22.5. The minimum absolute atomic E-state index is 0.00946. The lowest BCUT2D eigenvalue weighted by atomic mass is 10.2. The topological polar surface area (TPSA) is 111 Å². The van der Waals surface area contributed by atoms with Crippen LogP contribution < -0.4 is 11.4 Å². The van der Waals surface area contributed by atoms with E-state index in [-0.39, 0.29) is 12.2 Å². The molecule has 0 fully saturated rings. The molecule has 2 heterocycles. The van der Waals surface area contributed by atoms with Gasteiger partial charge in [-0.1, -0.05) is 6.92 Å². The summed E-state index contributed by atoms with van der Waals surface area (Å²) in [5.41, 5.74) is 2.62. The second-order valence-corrected chi connectivity index (χ2v) is 4.34. The first-order chi connectivity index (χ1) is 9.66. The standard InChI is InChI=1S/C11H12F3N3O4/c1-2-5-6(18)7(19)9(21-5)17-3-4(11(12,13)14)8(15)16-10(17)20/h3,7,9,18-19H,2H2,1H3,(H2,15,16,20)/t7?,9-/m1/s1. The number of aromatic nitrogens is 2. The summed E-state index contributed by atoms with van der Waals surface area (Å²) in [6.45, 7) is 1.60. The number of halogens is 3. The predicted molar refractivity (Wildman–Crippen MR) is 64.0 cm³/mol. The van der Waals surface area contributed by atoms with Gasteiger partial charge in [-0.05, 0) is 0 Å². The zero-order valence-electron chi connectivity index (χ0n) is 10.8. The van der Waals surface area contributed by atoms with Gasteiger partial charge in [0.05, 0.1) is 0 Å². The summed E-state index contributed by atoms with van der Waals surface area (Å²) in [7, 11) is 0. The van der Waals surface area contributed by atoms with E-state index in [1.165, 1.54) is 0 Å². The molecule has 2 rings (SSSR count). The molecule has 2 atom stereocenters. The fraction of sp³-hybridized carbons (Fsp3) is 0.455. The fourth-order valence-electron chi connectivity index (χ4n) is 1.93. The van der Waals surface area contributed by atoms with Gasteiger partial charge in [-0.2, -0.15) is 18.2 Å². The molecule has 1 aromatic heterocycles. The van der Waals surface area contributed by atoms with Crippen molar-refractivity contribution in [1.82, 2.24) is 9.55 Å². The van der Waals surface area contributed by atoms with Crippen LogP contribution in [0.2, 0.25) is 0 Å². The van der Waals surface area contributed by atoms with E-state index in [1.807, 2.05) is 0 Å². The Kier molecular flexibility index (Phi) is 3.58. The Morgan fingerprint density at radius 1 is 1.52 bits per heavy atom. The molecule has 0 radical (unpaired) electrons. The predicted octanol–water partition coefficient (Wildman–Crippen LogP) is 0.914. The minimum Gasteiger partial charge on any atom is -0.506 e. The van der Waals surface area contributed by atoms with Crippen LogP contribution in [0.5, 0.6) is 0 Å². The van der Waals surface area contributed by atoms with Gasteiger partial charge in [-0.25, -0.2) is 4.79 Å². The van der Waals surface area contributed by atoms with Gasteiger partial charge in [0.2, 0.25) is 6.23 Å². The second-order valence-electron chi connectivity index (χ2n) is 4.34. The molecule has 1 aliphatic rings. The van der Waals surface area contributed by atoms with Gasteiger partial charge >= 0.3 is 11.9 Å². The van der Waals surface area contributed by atoms with E-state index >= 15 is 0 Å². The SMILES string of the molecule is CCC1=C(O)C(O)[C@H](n2cc(C(F)(F)F)c(N)nc2=O)O1. The first kappa shape index (κ1) is 15.2. The van der Waals surface area contributed by atoms with Gasteiger partial charge in [0.1, 0.15) is 17.1 Å². The van der Waals surface area contributed by atoms with Crippen molar-refractivity contribution in [2.75, 3.05) is 5.73 Å². The summed E-state index contributed by atoms with van der Waals surface area (Å²) >= 11 is 0. The van der Waals surface area contributed by atoms with Gasteiger partial charge in [0.25, 0.3) is 0 Å². The summed E-state index contributed by atoms with van der Waals surface area (Å²) in [5, 5.41) is 19.4. The van der Waals surface area contributed by atoms with Crippen LogP contribution in [0.15, 0.2) is 22.5 Å². The highest BCUT2D eigenvalue weighted by Gasteiger charge is 2.40. The van der Waals surface area contributed by atoms with E-state index in [0.717, 1.165) is 0 Å². The Morgan fingerprint density at radius 2 is 2.14 bits per heavy atom. The molecule has 0 amide bonds. The molecular weight excluding hydrogens is 295 g/mol. The Bertz CT molecular complexity index is 653. The Hall–Kier alpha value is -2.23. The molecule has 1 aromatic rings. The number of aliphatic hydroxyl groups is 2. The average molecular weight is 307 g/mol. The number of hydrogen-bond donors (Lipinski definition) is 3. The Balaban J connectivity index is 2.50. The van der Waals surface area contributed by atoms with Crippen LogP contribution in [0.25, 0.3) is 0 Å². The summed E-state index contributed by atoms with van der Waals surface area (Å²) in [6.07, 6.45) is -7.41. The summed E-state index contributed by atoms with van der Waals surface area (Å²) in [5.74, 6) is -1.51. The van der Waals surface area contributed by atoms with Crippen LogP contribution in [0.4, 0.5) is 19.0 Å². The maximum Gasteiger partial charge on any atom is 0.421 e. The fourth-order valence-corrected chi connectivity index (χ4v) is 1.93. The number of alkyl halides is 3. The van der Waals surface area contributed by atoms with Crippen LogP contribution >= 0.6 is 0 Å². The number of nitrogens with two attached hydrogens (primary N) is 1. The molecule has 0 saturated carbocycles. The molecule has 0 spiro atoms. The number of aliphatic hydroxyl groups excluding tert-OH is 2. The van der Waals surface area contributed by atoms with Crippen molar-refractivity contribution in [3.8, 4) is 0 Å². The van der Waals surface area contributed by atoms with Crippen LogP contribution in [0, 0.1) is 0 Å². The van der Waals surface area contributed by atoms with E-state index in [4.69, 9.17) is 10.5 Å². The lowest BCUT2D eigenvalue weighted by Gasteiger charge is -2.19. The van der Waals surface area contributed by atoms with Crippen molar-refractivity contribution < 1.29 is 28.1 Å². The van der Waals surface area contributed by atoms with Crippen LogP contribution in [0.3, 0.4) is 0 Å². The van der Waals surface area contributed by atoms with E-state index < -0.39 is 41.3 Å². The van der Waals surface area contributed by atoms with Crippen molar-refractivity contribution >= 4 is 5.82 Å². The Labute approximate surface area is 116 Å². The van der Waals surface area contributed by atoms with Crippen LogP contribution in [-0.4, -0.2) is 25.9 Å². The third kappa shape index (κ3) is 2.53. The summed E-state index contributed by atoms with van der Waals surface area (Å²) < 4.78 is 43.8. The molecule has 0 aromatic carbocycles. The average Bonchev–Trinajstić information content (AvgIpc) is 2.65. The number of allylic oxidation sites excluding steroid dienone is 1. The maximum absolute atomic E-state index is 12.8. The van der Waals surface area contributed by atoms with Crippen LogP contribution in [0.1, 0.15) is 25.1 Å². The highest BCUT2D eigenvalue weighted by atomic mass is 19.4. The smallest absolute Gasteiger partial charge is 0.421 e. The zero-order valence-corrected chi connectivity index (χ0v) is 10.8. The van der Waals surface area contributed by atoms with Crippen molar-refractivity contribution in [3.05, 3.63) is 33.8 Å². The lowest BCUT2D eigenvalue weighted by molar-refractivity contribution is -0.138. The van der Waals surface area contributed by atoms with Gasteiger partial charge in [-0.3, -0.25) is 4.57 Å². The highest BCUT2D eigenvalue weighted by molar-refractivity contribution is 5.39. The molecule has 21 heavy (non-hydrogen) atoms. The number of hydrogen-bond acceptors (Lipinski definition) is 6. The maximum atomic E-state index is 12.8. The first-order valence-corrected chi connectivity index (χ1v) is 5.89. The molecular formula is C11H12F3N3O4. The zero-order chi connectivity index (χ0) is 15.9. The number of rotatable bonds is 2. The molecule has 4 N–H and O–H groups in total. The lowest BCUT2D eigenvalue weighted by Crippen LogP contribution is -2.34. The van der Waals surface area contributed by atoms with Crippen LogP contribution in [-0.2, 0) is 10.9 Å². The molecule has 10 heteroatoms. The molecule has 0 aliphatic carbocycles. The van der Waals surface area contributed by atoms with E-state index in [9.17, 15) is 28.2 Å². The van der Waals surface area contributed by atoms with Crippen molar-refractivity contribution in [3.63, 3.8) is 0 Å². The third-order valence-electron chi connectivity index (χ3n) is 2.98. The van der Waals surface area contributed by atoms with E-state index in [2.05, 4.69) is 4.98 Å². The second kappa shape index (κ2) is 4.95. The first-order valence-electron chi connectivity index (χ1n) is 5.89. The number of anilines is 1. The van der Waals surface area contributed by atoms with Crippen molar-refractivity contribution in [2.24, 2.45) is 0 Å². The van der Waals surface area contributed by atoms with Gasteiger partial charge in [0.15, 0.2) is 11.9 Å². The van der Waals surface area contributed by atoms with Gasteiger partial charge in [0, 0.05) is 12.6 Å². The molecule has 0 saturated heterocycles. The molecule has 1 aliphatic heterocycles. The number of nitrogens with zero attached hydrogens (tertiary/aromatic N) is 2. The third-order valence-corrected chi connectivity index (χ3v) is 2.98. The molecule has 1 unspecified atom stereocenters. The largest absolute Gasteiger partial charge is 0.506 e. The van der Waals surface area contributed by atoms with E-state index in [1.54, 1.807) is 6.92 Å². The number of nitrogen functional groups attached to an aromatic ring is 1. The monoisotopic (exact) mass is 307 g/mol. The van der Waals surface area contributed by atoms with Crippen molar-refractivity contribution in [2.45, 2.75) is 31.9 Å². The summed E-state index contributed by atoms with van der Waals surface area (Å²) in [6, 6.07) is 0. The quantitative estimate of drug-likeness (QED) is 0.749. The van der Waals surface area contributed by atoms with Crippen molar-refractivity contribution in [1.29, 1.82) is 0 Å². The summed E-state index contributed by atoms with van der Waals surface area (Å²) in [4.78, 5) is 14.7. The van der Waals surface area contributed by atoms with Gasteiger partial charge in [-0.15, -0.1) is 0 Å². The number of ether oxygens (including phenoxy) is 1. The molecule has 7 nitrogen and oxygen atoms in total.